The van der Waals surface area contributed by atoms with Gasteiger partial charge in [-0.15, -0.1) is 5.10 Å². The van der Waals surface area contributed by atoms with Crippen molar-refractivity contribution < 1.29 is 23.4 Å². The monoisotopic (exact) mass is 890 g/mol. The highest BCUT2D eigenvalue weighted by Crippen LogP contribution is 2.39. The molecular weight excluding hydrogens is 827 g/mol. The van der Waals surface area contributed by atoms with Crippen molar-refractivity contribution in [3.63, 3.8) is 0 Å². The number of methoxy groups -OCH3 is 1. The Hall–Kier alpha value is -2.83. The number of hydrogen-bond donors (Lipinski definition) is 0. The van der Waals surface area contributed by atoms with E-state index in [2.05, 4.69) is 99.5 Å². The Morgan fingerprint density at radius 1 is 1.16 bits per heavy atom. The van der Waals surface area contributed by atoms with Crippen LogP contribution in [-0.2, 0) is 34.1 Å². The Labute approximate surface area is 342 Å². The Balaban J connectivity index is 1.42. The first-order valence-corrected chi connectivity index (χ1v) is 23.6. The van der Waals surface area contributed by atoms with E-state index in [0.29, 0.717) is 44.7 Å². The summed E-state index contributed by atoms with van der Waals surface area (Å²) >= 11 is 2.38. The van der Waals surface area contributed by atoms with Gasteiger partial charge in [0.2, 0.25) is 11.8 Å². The first-order chi connectivity index (χ1) is 26.0. The lowest BCUT2D eigenvalue weighted by molar-refractivity contribution is -0.0394. The van der Waals surface area contributed by atoms with Crippen molar-refractivity contribution >= 4 is 47.9 Å². The van der Waals surface area contributed by atoms with Gasteiger partial charge in [-0.3, -0.25) is 14.6 Å². The molecule has 4 aromatic rings. The van der Waals surface area contributed by atoms with E-state index < -0.39 is 8.32 Å². The summed E-state index contributed by atoms with van der Waals surface area (Å²) in [4.78, 5) is 7.46. The maximum absolute atomic E-state index is 6.83. The number of hydrogen-bond acceptors (Lipinski definition) is 10. The summed E-state index contributed by atoms with van der Waals surface area (Å²) in [6.07, 6.45) is 4.64. The van der Waals surface area contributed by atoms with Crippen LogP contribution in [0.2, 0.25) is 18.1 Å². The molecule has 0 aromatic carbocycles. The molecule has 55 heavy (non-hydrogen) atoms. The summed E-state index contributed by atoms with van der Waals surface area (Å²) in [5.41, 5.74) is 6.00. The fourth-order valence-corrected chi connectivity index (χ4v) is 8.59. The number of rotatable bonds is 18. The Morgan fingerprint density at radius 3 is 2.53 bits per heavy atom. The molecule has 13 nitrogen and oxygen atoms in total. The van der Waals surface area contributed by atoms with E-state index in [0.717, 1.165) is 80.9 Å². The van der Waals surface area contributed by atoms with E-state index in [1.165, 1.54) is 0 Å². The van der Waals surface area contributed by atoms with Crippen LogP contribution in [0.5, 0.6) is 11.8 Å². The van der Waals surface area contributed by atoms with Gasteiger partial charge in [0.25, 0.3) is 0 Å². The van der Waals surface area contributed by atoms with Gasteiger partial charge in [-0.25, -0.2) is 9.36 Å². The highest BCUT2D eigenvalue weighted by Gasteiger charge is 2.38. The summed E-state index contributed by atoms with van der Waals surface area (Å²) in [6.45, 7) is 30.3. The summed E-state index contributed by atoms with van der Waals surface area (Å²) in [7, 11) is 1.65. The summed E-state index contributed by atoms with van der Waals surface area (Å²) in [5.74, 6) is 1.30. The molecule has 3 atom stereocenters. The van der Waals surface area contributed by atoms with E-state index >= 15 is 0 Å². The lowest BCUT2D eigenvalue weighted by Crippen LogP contribution is -2.42. The summed E-state index contributed by atoms with van der Waals surface area (Å²) in [5, 5.41) is 15.9. The molecule has 0 saturated carbocycles. The number of aryl methyl sites for hydroxylation is 2. The molecule has 5 rings (SSSR count). The molecule has 304 valence electrons. The molecule has 0 N–H and O–H groups in total. The number of halogens is 1. The standard InChI is InChI=1S/C40H63IN8O5Si/c1-14-32-29-21-30(42-28(6)37(29)44-49(32)34-19-17-18-20-52-34)35-31(25-50-11)43-46(10)39(35)54-27(5)22-47(15-2)23-33-36(41)38(51-16-3)45-48(33)26(4)24-53-55(12,13)40(7,8)9/h14,21,26-27,34H,1,15-20,22-25H2,2-13H3/t26-,27-,34?/m0/s1. The normalized spacial score (nSPS) is 16.6. The molecule has 5 heterocycles. The van der Waals surface area contributed by atoms with Crippen LogP contribution in [0.4, 0.5) is 0 Å². The SMILES string of the molecule is C=Cc1c2cc(-c3c(COC)nn(C)c3O[C@@H](C)CN(CC)Cc3c(I)c(OCC)nn3[C@@H](C)CO[Si](C)(C)C(C)(C)C)nc(C)c2nn1C1CCCCO1. The van der Waals surface area contributed by atoms with Crippen molar-refractivity contribution in [3.8, 4) is 23.0 Å². The molecule has 4 aromatic heterocycles. The van der Waals surface area contributed by atoms with Gasteiger partial charge in [0.1, 0.15) is 17.3 Å². The zero-order chi connectivity index (χ0) is 40.2. The molecule has 1 aliphatic heterocycles. The van der Waals surface area contributed by atoms with Gasteiger partial charge in [-0.2, -0.15) is 10.2 Å². The smallest absolute Gasteiger partial charge is 0.246 e. The number of aromatic nitrogens is 7. The molecule has 0 amide bonds. The van der Waals surface area contributed by atoms with Crippen LogP contribution in [0, 0.1) is 10.5 Å². The molecule has 1 fully saturated rings. The van der Waals surface area contributed by atoms with Crippen molar-refractivity contribution in [1.82, 2.24) is 39.2 Å². The van der Waals surface area contributed by atoms with Crippen LogP contribution in [-0.4, -0.2) is 93.7 Å². The molecule has 0 aliphatic carbocycles. The fourth-order valence-electron chi connectivity index (χ4n) is 6.82. The molecule has 15 heteroatoms. The number of nitrogens with zero attached hydrogens (tertiary/aromatic N) is 8. The van der Waals surface area contributed by atoms with Crippen LogP contribution in [0.15, 0.2) is 12.6 Å². The number of pyridine rings is 1. The third-order valence-electron chi connectivity index (χ3n) is 10.9. The maximum atomic E-state index is 6.83. The first kappa shape index (κ1) is 43.3. The average molecular weight is 891 g/mol. The summed E-state index contributed by atoms with van der Waals surface area (Å²) in [6, 6.07) is 2.11. The van der Waals surface area contributed by atoms with E-state index in [-0.39, 0.29) is 23.4 Å². The largest absolute Gasteiger partial charge is 0.476 e. The van der Waals surface area contributed by atoms with Crippen LogP contribution in [0.25, 0.3) is 28.2 Å². The molecule has 1 saturated heterocycles. The van der Waals surface area contributed by atoms with E-state index in [1.807, 2.05) is 31.7 Å². The molecule has 0 spiro atoms. The first-order valence-electron chi connectivity index (χ1n) is 19.7. The quantitative estimate of drug-likeness (QED) is 0.0710. The van der Waals surface area contributed by atoms with E-state index in [1.54, 1.807) is 11.8 Å². The lowest BCUT2D eigenvalue weighted by atomic mass is 10.1. The number of fused-ring (bicyclic) bond motifs is 1. The second-order valence-corrected chi connectivity index (χ2v) is 22.0. The fraction of sp³-hybridized carbons (Fsp3) is 0.650. The van der Waals surface area contributed by atoms with Gasteiger partial charge in [-0.05, 0) is 106 Å². The highest BCUT2D eigenvalue weighted by molar-refractivity contribution is 14.1. The van der Waals surface area contributed by atoms with Gasteiger partial charge in [-0.1, -0.05) is 34.3 Å². The van der Waals surface area contributed by atoms with E-state index in [4.69, 9.17) is 43.7 Å². The molecule has 1 aliphatic rings. The maximum Gasteiger partial charge on any atom is 0.246 e. The molecule has 0 bridgehead atoms. The minimum atomic E-state index is -1.94. The number of ether oxygens (including phenoxy) is 4. The Morgan fingerprint density at radius 2 is 1.91 bits per heavy atom. The Bertz CT molecular complexity index is 1930. The second kappa shape index (κ2) is 18.2. The van der Waals surface area contributed by atoms with Crippen molar-refractivity contribution in [2.75, 3.05) is 40.0 Å². The molecule has 0 radical (unpaired) electrons. The van der Waals surface area contributed by atoms with Crippen LogP contribution >= 0.6 is 22.6 Å². The van der Waals surface area contributed by atoms with Gasteiger partial charge in [0.15, 0.2) is 14.5 Å². The van der Waals surface area contributed by atoms with Crippen molar-refractivity contribution in [2.45, 2.75) is 124 Å². The van der Waals surface area contributed by atoms with Crippen LogP contribution in [0.3, 0.4) is 0 Å². The van der Waals surface area contributed by atoms with Crippen molar-refractivity contribution in [1.29, 1.82) is 0 Å². The predicted octanol–water partition coefficient (Wildman–Crippen LogP) is 8.70. The zero-order valence-corrected chi connectivity index (χ0v) is 38.3. The molecular formula is C40H63IN8O5Si. The van der Waals surface area contributed by atoms with Crippen molar-refractivity contribution in [3.05, 3.63) is 39.0 Å². The minimum Gasteiger partial charge on any atom is -0.476 e. The third kappa shape index (κ3) is 9.49. The Kier molecular flexibility index (Phi) is 14.3. The van der Waals surface area contributed by atoms with Gasteiger partial charge < -0.3 is 23.4 Å². The van der Waals surface area contributed by atoms with Crippen molar-refractivity contribution in [2.24, 2.45) is 7.05 Å². The third-order valence-corrected chi connectivity index (χ3v) is 16.5. The minimum absolute atomic E-state index is 0.0348. The average Bonchev–Trinajstić information content (AvgIpc) is 3.77. The highest BCUT2D eigenvalue weighted by atomic mass is 127. The van der Waals surface area contributed by atoms with Crippen LogP contribution in [0.1, 0.15) is 103 Å². The van der Waals surface area contributed by atoms with Gasteiger partial charge >= 0.3 is 0 Å². The topological polar surface area (TPSA) is 116 Å². The zero-order valence-electron chi connectivity index (χ0n) is 35.2. The predicted molar refractivity (Wildman–Crippen MR) is 229 cm³/mol. The van der Waals surface area contributed by atoms with Crippen LogP contribution < -0.4 is 9.47 Å². The van der Waals surface area contributed by atoms with Gasteiger partial charge in [0.05, 0.1) is 57.8 Å². The molecule has 1 unspecified atom stereocenters. The second-order valence-electron chi connectivity index (χ2n) is 16.1. The number of likely N-dealkylation sites (N-methyl/N-ethyl adjacent to an activating group) is 1. The van der Waals surface area contributed by atoms with E-state index in [9.17, 15) is 0 Å². The van der Waals surface area contributed by atoms with Gasteiger partial charge in [0, 0.05) is 39.2 Å². The lowest BCUT2D eigenvalue weighted by Gasteiger charge is -2.37. The summed E-state index contributed by atoms with van der Waals surface area (Å²) < 4.78 is 38.1.